The molecule has 6 nitrogen and oxygen atoms in total. The fourth-order valence-corrected chi connectivity index (χ4v) is 5.47. The quantitative estimate of drug-likeness (QED) is 0.532. The van der Waals surface area contributed by atoms with Crippen molar-refractivity contribution in [3.63, 3.8) is 0 Å². The third-order valence-electron chi connectivity index (χ3n) is 6.97. The molecule has 6 rings (SSSR count). The minimum atomic E-state index is -0.720. The van der Waals surface area contributed by atoms with Crippen LogP contribution in [0.4, 0.5) is 5.82 Å². The third-order valence-corrected chi connectivity index (χ3v) is 6.97. The molecule has 154 valence electrons. The fraction of sp³-hybridized carbons (Fsp3) is 0.320. The molecule has 2 aromatic carbocycles. The number of imidazole rings is 1. The average Bonchev–Trinajstić information content (AvgIpc) is 3.40. The molecular formula is C25H24N6. The zero-order valence-electron chi connectivity index (χ0n) is 17.5. The predicted molar refractivity (Wildman–Crippen MR) is 120 cm³/mol. The lowest BCUT2D eigenvalue weighted by atomic mass is 9.69. The Bertz CT molecular complexity index is 1280. The summed E-state index contributed by atoms with van der Waals surface area (Å²) < 4.78 is 2.07. The van der Waals surface area contributed by atoms with Crippen LogP contribution in [0.25, 0.3) is 16.7 Å². The minimum absolute atomic E-state index is 0.0675. The number of rotatable bonds is 2. The number of nitriles is 1. The Morgan fingerprint density at radius 1 is 1.10 bits per heavy atom. The van der Waals surface area contributed by atoms with Crippen LogP contribution in [0.3, 0.4) is 0 Å². The summed E-state index contributed by atoms with van der Waals surface area (Å²) in [5, 5.41) is 15.6. The van der Waals surface area contributed by atoms with Gasteiger partial charge in [0.05, 0.1) is 34.5 Å². The fourth-order valence-electron chi connectivity index (χ4n) is 5.47. The number of anilines is 1. The van der Waals surface area contributed by atoms with Crippen molar-refractivity contribution in [2.24, 2.45) is 0 Å². The summed E-state index contributed by atoms with van der Waals surface area (Å²) >= 11 is 0. The van der Waals surface area contributed by atoms with Crippen molar-refractivity contribution in [3.8, 4) is 11.8 Å². The van der Waals surface area contributed by atoms with E-state index in [1.54, 1.807) is 0 Å². The first-order valence-corrected chi connectivity index (χ1v) is 11.0. The average molecular weight is 409 g/mol. The van der Waals surface area contributed by atoms with Crippen molar-refractivity contribution in [3.05, 3.63) is 71.7 Å². The Balaban J connectivity index is 1.57. The van der Waals surface area contributed by atoms with Crippen LogP contribution in [0.15, 0.2) is 54.6 Å². The Hall–Kier alpha value is -3.59. The highest BCUT2D eigenvalue weighted by Crippen LogP contribution is 2.47. The molecule has 1 saturated heterocycles. The number of hydrogen-bond acceptors (Lipinski definition) is 4. The second kappa shape index (κ2) is 6.71. The first-order chi connectivity index (χ1) is 15.2. The SMILES string of the molecule is Cc1nn(-c2ccccc2)c2c1C[C@](C#N)(c1nc3ccccc3[nH]1)[C@@H]1CCCCN21. The zero-order chi connectivity index (χ0) is 21.0. The largest absolute Gasteiger partial charge is 0.351 e. The second-order valence-electron chi connectivity index (χ2n) is 8.70. The van der Waals surface area contributed by atoms with E-state index in [1.807, 2.05) is 42.5 Å². The number of piperidine rings is 1. The van der Waals surface area contributed by atoms with Gasteiger partial charge in [0, 0.05) is 18.5 Å². The number of benzene rings is 2. The van der Waals surface area contributed by atoms with E-state index >= 15 is 0 Å². The van der Waals surface area contributed by atoms with E-state index in [9.17, 15) is 5.26 Å². The number of nitrogens with one attached hydrogen (secondary N) is 1. The number of para-hydroxylation sites is 3. The van der Waals surface area contributed by atoms with Crippen molar-refractivity contribution in [2.75, 3.05) is 11.4 Å². The molecule has 31 heavy (non-hydrogen) atoms. The Labute approximate surface area is 181 Å². The molecule has 2 aliphatic heterocycles. The van der Waals surface area contributed by atoms with Gasteiger partial charge >= 0.3 is 0 Å². The molecule has 2 aromatic heterocycles. The van der Waals surface area contributed by atoms with E-state index in [-0.39, 0.29) is 6.04 Å². The highest BCUT2D eigenvalue weighted by molar-refractivity contribution is 5.75. The molecule has 0 saturated carbocycles. The predicted octanol–water partition coefficient (Wildman–Crippen LogP) is 4.43. The molecule has 1 N–H and O–H groups in total. The van der Waals surface area contributed by atoms with Crippen LogP contribution < -0.4 is 4.90 Å². The first kappa shape index (κ1) is 18.2. The summed E-state index contributed by atoms with van der Waals surface area (Å²) in [6.45, 7) is 2.99. The maximum atomic E-state index is 10.6. The topological polar surface area (TPSA) is 73.5 Å². The van der Waals surface area contributed by atoms with E-state index < -0.39 is 5.41 Å². The zero-order valence-corrected chi connectivity index (χ0v) is 17.5. The van der Waals surface area contributed by atoms with Gasteiger partial charge in [-0.1, -0.05) is 30.3 Å². The molecule has 2 aliphatic rings. The van der Waals surface area contributed by atoms with Crippen molar-refractivity contribution >= 4 is 16.9 Å². The van der Waals surface area contributed by atoms with Crippen LogP contribution in [-0.2, 0) is 11.8 Å². The molecule has 2 atom stereocenters. The van der Waals surface area contributed by atoms with Crippen LogP contribution in [0, 0.1) is 18.3 Å². The monoisotopic (exact) mass is 408 g/mol. The molecule has 4 heterocycles. The molecule has 0 spiro atoms. The normalized spacial score (nSPS) is 22.7. The van der Waals surface area contributed by atoms with Gasteiger partial charge < -0.3 is 9.88 Å². The second-order valence-corrected chi connectivity index (χ2v) is 8.70. The number of hydrogen-bond donors (Lipinski definition) is 1. The van der Waals surface area contributed by atoms with E-state index in [1.165, 1.54) is 0 Å². The van der Waals surface area contributed by atoms with Crippen molar-refractivity contribution in [2.45, 2.75) is 44.1 Å². The standard InChI is InChI=1S/C25H24N6/c1-17-19-15-25(16-26,24-27-20-11-5-6-12-21(20)28-24)22-13-7-8-14-30(22)23(19)31(29-17)18-9-3-2-4-10-18/h2-6,9-12,22H,7-8,13-15H2,1H3,(H,27,28)/t22-,25+/m0/s1. The summed E-state index contributed by atoms with van der Waals surface area (Å²) in [4.78, 5) is 10.8. The van der Waals surface area contributed by atoms with E-state index in [4.69, 9.17) is 10.1 Å². The molecular weight excluding hydrogens is 384 g/mol. The Morgan fingerprint density at radius 2 is 1.90 bits per heavy atom. The van der Waals surface area contributed by atoms with Gasteiger partial charge in [0.15, 0.2) is 0 Å². The van der Waals surface area contributed by atoms with Crippen LogP contribution in [-0.4, -0.2) is 32.3 Å². The van der Waals surface area contributed by atoms with Gasteiger partial charge in [0.2, 0.25) is 0 Å². The summed E-state index contributed by atoms with van der Waals surface area (Å²) in [5.74, 6) is 1.93. The van der Waals surface area contributed by atoms with Crippen molar-refractivity contribution in [1.29, 1.82) is 5.26 Å². The molecule has 0 unspecified atom stereocenters. The maximum Gasteiger partial charge on any atom is 0.139 e. The molecule has 6 heteroatoms. The Kier molecular flexibility index (Phi) is 3.94. The van der Waals surface area contributed by atoms with Gasteiger partial charge in [-0.15, -0.1) is 0 Å². The van der Waals surface area contributed by atoms with Gasteiger partial charge in [-0.3, -0.25) is 0 Å². The van der Waals surface area contributed by atoms with Gasteiger partial charge in [-0.2, -0.15) is 10.4 Å². The van der Waals surface area contributed by atoms with E-state index in [2.05, 4.69) is 39.7 Å². The van der Waals surface area contributed by atoms with Gasteiger partial charge in [0.25, 0.3) is 0 Å². The number of aryl methyl sites for hydroxylation is 1. The maximum absolute atomic E-state index is 10.6. The van der Waals surface area contributed by atoms with Crippen molar-refractivity contribution < 1.29 is 0 Å². The number of aromatic nitrogens is 4. The molecule has 0 radical (unpaired) electrons. The lowest BCUT2D eigenvalue weighted by Gasteiger charge is -2.48. The minimum Gasteiger partial charge on any atom is -0.351 e. The number of aromatic amines is 1. The molecule has 0 bridgehead atoms. The van der Waals surface area contributed by atoms with Crippen LogP contribution >= 0.6 is 0 Å². The van der Waals surface area contributed by atoms with Crippen molar-refractivity contribution in [1.82, 2.24) is 19.7 Å². The molecule has 0 amide bonds. The number of fused-ring (bicyclic) bond motifs is 4. The summed E-state index contributed by atoms with van der Waals surface area (Å²) in [6, 6.07) is 21.1. The smallest absolute Gasteiger partial charge is 0.139 e. The highest BCUT2D eigenvalue weighted by Gasteiger charge is 2.53. The molecule has 0 aliphatic carbocycles. The summed E-state index contributed by atoms with van der Waals surface area (Å²) in [6.07, 6.45) is 3.84. The van der Waals surface area contributed by atoms with Crippen LogP contribution in [0.1, 0.15) is 36.3 Å². The van der Waals surface area contributed by atoms with Gasteiger partial charge in [-0.05, 0) is 50.5 Å². The third kappa shape index (κ3) is 2.56. The lowest BCUT2D eigenvalue weighted by Crippen LogP contribution is -2.57. The van der Waals surface area contributed by atoms with Gasteiger partial charge in [0.1, 0.15) is 17.1 Å². The first-order valence-electron chi connectivity index (χ1n) is 11.0. The van der Waals surface area contributed by atoms with Crippen LogP contribution in [0.2, 0.25) is 0 Å². The summed E-state index contributed by atoms with van der Waals surface area (Å²) in [5.41, 5.74) is 4.38. The Morgan fingerprint density at radius 3 is 2.71 bits per heavy atom. The van der Waals surface area contributed by atoms with Crippen LogP contribution in [0.5, 0.6) is 0 Å². The van der Waals surface area contributed by atoms with E-state index in [0.717, 1.165) is 65.4 Å². The number of nitrogens with zero attached hydrogens (tertiary/aromatic N) is 5. The highest BCUT2D eigenvalue weighted by atomic mass is 15.4. The number of H-pyrrole nitrogens is 1. The van der Waals surface area contributed by atoms with Gasteiger partial charge in [-0.25, -0.2) is 9.67 Å². The summed E-state index contributed by atoms with van der Waals surface area (Å²) in [7, 11) is 0. The molecule has 4 aromatic rings. The lowest BCUT2D eigenvalue weighted by molar-refractivity contribution is 0.311. The molecule has 1 fully saturated rings. The van der Waals surface area contributed by atoms with E-state index in [0.29, 0.717) is 6.42 Å².